The molecule has 0 bridgehead atoms. The molecule has 1 saturated heterocycles. The Kier molecular flexibility index (Phi) is 4.96. The number of methoxy groups -OCH3 is 1. The summed E-state index contributed by atoms with van der Waals surface area (Å²) in [6.45, 7) is 3.16. The quantitative estimate of drug-likeness (QED) is 0.861. The van der Waals surface area contributed by atoms with Gasteiger partial charge in [0.2, 0.25) is 5.88 Å². The molecule has 1 N–H and O–H groups in total. The number of pyridine rings is 1. The second kappa shape index (κ2) is 6.71. The molecule has 1 aromatic rings. The molecule has 0 saturated carbocycles. The molecule has 0 radical (unpaired) electrons. The van der Waals surface area contributed by atoms with Gasteiger partial charge in [0, 0.05) is 30.9 Å². The second-order valence-corrected chi connectivity index (χ2v) is 4.85. The summed E-state index contributed by atoms with van der Waals surface area (Å²) < 4.78 is 5.33. The number of ether oxygens (including phenoxy) is 1. The highest BCUT2D eigenvalue weighted by molar-refractivity contribution is 5.25. The second-order valence-electron chi connectivity index (χ2n) is 4.85. The Labute approximate surface area is 109 Å². The van der Waals surface area contributed by atoms with Crippen molar-refractivity contribution in [1.29, 1.82) is 0 Å². The smallest absolute Gasteiger partial charge is 0.217 e. The van der Waals surface area contributed by atoms with Gasteiger partial charge >= 0.3 is 0 Å². The number of piperidine rings is 1. The minimum Gasteiger partial charge on any atom is -0.481 e. The number of aromatic nitrogens is 1. The van der Waals surface area contributed by atoms with E-state index in [2.05, 4.69) is 21.3 Å². The van der Waals surface area contributed by atoms with E-state index in [9.17, 15) is 0 Å². The standard InChI is InChI=1S/C14H23N3O/c1-15-10-13-7-3-4-9-17(13)11-12-6-5-8-16-14(12)18-2/h5-6,8,13,15H,3-4,7,9-11H2,1-2H3. The van der Waals surface area contributed by atoms with Crippen molar-refractivity contribution in [2.45, 2.75) is 31.8 Å². The van der Waals surface area contributed by atoms with Crippen LogP contribution in [0.3, 0.4) is 0 Å². The third kappa shape index (κ3) is 3.21. The van der Waals surface area contributed by atoms with Crippen molar-refractivity contribution >= 4 is 0 Å². The average molecular weight is 249 g/mol. The maximum absolute atomic E-state index is 5.33. The van der Waals surface area contributed by atoms with Gasteiger partial charge in [-0.05, 0) is 32.5 Å². The van der Waals surface area contributed by atoms with Gasteiger partial charge in [-0.15, -0.1) is 0 Å². The van der Waals surface area contributed by atoms with E-state index in [0.29, 0.717) is 6.04 Å². The molecule has 18 heavy (non-hydrogen) atoms. The first-order valence-corrected chi connectivity index (χ1v) is 6.71. The van der Waals surface area contributed by atoms with Crippen LogP contribution in [-0.2, 0) is 6.54 Å². The molecule has 2 rings (SSSR count). The Hall–Kier alpha value is -1.13. The van der Waals surface area contributed by atoms with Gasteiger partial charge in [0.1, 0.15) is 0 Å². The lowest BCUT2D eigenvalue weighted by Gasteiger charge is -2.35. The molecule has 4 heteroatoms. The molecular formula is C14H23N3O. The number of likely N-dealkylation sites (tertiary alicyclic amines) is 1. The average Bonchev–Trinajstić information content (AvgIpc) is 2.42. The summed E-state index contributed by atoms with van der Waals surface area (Å²) in [5.41, 5.74) is 1.18. The van der Waals surface area contributed by atoms with Crippen LogP contribution in [0.1, 0.15) is 24.8 Å². The SMILES string of the molecule is CNCC1CCCCN1Cc1cccnc1OC. The maximum atomic E-state index is 5.33. The first-order chi connectivity index (χ1) is 8.85. The number of nitrogens with one attached hydrogen (secondary N) is 1. The number of likely N-dealkylation sites (N-methyl/N-ethyl adjacent to an activating group) is 1. The van der Waals surface area contributed by atoms with Gasteiger partial charge in [0.05, 0.1) is 7.11 Å². The van der Waals surface area contributed by atoms with Crippen molar-refractivity contribution in [2.75, 3.05) is 27.2 Å². The van der Waals surface area contributed by atoms with E-state index >= 15 is 0 Å². The van der Waals surface area contributed by atoms with Crippen LogP contribution in [0.15, 0.2) is 18.3 Å². The van der Waals surface area contributed by atoms with Crippen LogP contribution in [0.5, 0.6) is 5.88 Å². The van der Waals surface area contributed by atoms with Crippen LogP contribution in [0, 0.1) is 0 Å². The van der Waals surface area contributed by atoms with E-state index < -0.39 is 0 Å². The topological polar surface area (TPSA) is 37.4 Å². The maximum Gasteiger partial charge on any atom is 0.217 e. The Morgan fingerprint density at radius 2 is 2.39 bits per heavy atom. The first kappa shape index (κ1) is 13.3. The minimum atomic E-state index is 0.633. The monoisotopic (exact) mass is 249 g/mol. The zero-order valence-electron chi connectivity index (χ0n) is 11.4. The van der Waals surface area contributed by atoms with E-state index in [-0.39, 0.29) is 0 Å². The third-order valence-corrected chi connectivity index (χ3v) is 3.61. The fourth-order valence-electron chi connectivity index (χ4n) is 2.68. The fourth-order valence-corrected chi connectivity index (χ4v) is 2.68. The molecule has 0 amide bonds. The molecule has 100 valence electrons. The lowest BCUT2D eigenvalue weighted by atomic mass is 10.0. The Bertz CT molecular complexity index is 368. The van der Waals surface area contributed by atoms with Crippen molar-refractivity contribution in [3.8, 4) is 5.88 Å². The van der Waals surface area contributed by atoms with Crippen LogP contribution in [0.2, 0.25) is 0 Å². The van der Waals surface area contributed by atoms with E-state index in [1.807, 2.05) is 13.1 Å². The van der Waals surface area contributed by atoms with Crippen molar-refractivity contribution in [2.24, 2.45) is 0 Å². The summed E-state index contributed by atoms with van der Waals surface area (Å²) in [6.07, 6.45) is 5.70. The molecule has 1 aliphatic heterocycles. The summed E-state index contributed by atoms with van der Waals surface area (Å²) >= 11 is 0. The number of hydrogen-bond donors (Lipinski definition) is 1. The van der Waals surface area contributed by atoms with Crippen molar-refractivity contribution in [3.05, 3.63) is 23.9 Å². The van der Waals surface area contributed by atoms with Crippen LogP contribution in [0.25, 0.3) is 0 Å². The van der Waals surface area contributed by atoms with E-state index in [1.54, 1.807) is 13.3 Å². The molecule has 1 unspecified atom stereocenters. The zero-order chi connectivity index (χ0) is 12.8. The van der Waals surface area contributed by atoms with E-state index in [1.165, 1.54) is 31.4 Å². The fraction of sp³-hybridized carbons (Fsp3) is 0.643. The molecule has 0 aromatic carbocycles. The summed E-state index contributed by atoms with van der Waals surface area (Å²) in [6, 6.07) is 4.72. The summed E-state index contributed by atoms with van der Waals surface area (Å²) in [4.78, 5) is 6.81. The third-order valence-electron chi connectivity index (χ3n) is 3.61. The van der Waals surface area contributed by atoms with Gasteiger partial charge < -0.3 is 10.1 Å². The van der Waals surface area contributed by atoms with Gasteiger partial charge in [-0.25, -0.2) is 4.98 Å². The lowest BCUT2D eigenvalue weighted by Crippen LogP contribution is -2.44. The Morgan fingerprint density at radius 3 is 3.17 bits per heavy atom. The van der Waals surface area contributed by atoms with Crippen LogP contribution in [-0.4, -0.2) is 43.2 Å². The first-order valence-electron chi connectivity index (χ1n) is 6.71. The summed E-state index contributed by atoms with van der Waals surface area (Å²) in [5, 5.41) is 3.29. The molecule has 2 heterocycles. The summed E-state index contributed by atoms with van der Waals surface area (Å²) in [7, 11) is 3.71. The number of nitrogens with zero attached hydrogens (tertiary/aromatic N) is 2. The van der Waals surface area contributed by atoms with Gasteiger partial charge in [-0.1, -0.05) is 12.5 Å². The minimum absolute atomic E-state index is 0.633. The van der Waals surface area contributed by atoms with Gasteiger partial charge in [0.15, 0.2) is 0 Å². The molecule has 0 spiro atoms. The highest BCUT2D eigenvalue weighted by Crippen LogP contribution is 2.22. The van der Waals surface area contributed by atoms with Crippen LogP contribution in [0.4, 0.5) is 0 Å². The largest absolute Gasteiger partial charge is 0.481 e. The van der Waals surface area contributed by atoms with Gasteiger partial charge in [-0.3, -0.25) is 4.90 Å². The molecule has 0 aliphatic carbocycles. The molecule has 1 aliphatic rings. The predicted molar refractivity (Wildman–Crippen MR) is 72.8 cm³/mol. The predicted octanol–water partition coefficient (Wildman–Crippen LogP) is 1.66. The Morgan fingerprint density at radius 1 is 1.50 bits per heavy atom. The summed E-state index contributed by atoms with van der Waals surface area (Å²) in [5.74, 6) is 0.756. The van der Waals surface area contributed by atoms with Crippen LogP contribution < -0.4 is 10.1 Å². The molecule has 4 nitrogen and oxygen atoms in total. The molecule has 1 fully saturated rings. The van der Waals surface area contributed by atoms with Crippen LogP contribution >= 0.6 is 0 Å². The van der Waals surface area contributed by atoms with Crippen molar-refractivity contribution < 1.29 is 4.74 Å². The number of hydrogen-bond acceptors (Lipinski definition) is 4. The number of rotatable bonds is 5. The van der Waals surface area contributed by atoms with Crippen molar-refractivity contribution in [3.63, 3.8) is 0 Å². The lowest BCUT2D eigenvalue weighted by molar-refractivity contribution is 0.137. The van der Waals surface area contributed by atoms with Gasteiger partial charge in [-0.2, -0.15) is 0 Å². The normalized spacial score (nSPS) is 20.9. The van der Waals surface area contributed by atoms with E-state index in [0.717, 1.165) is 19.0 Å². The highest BCUT2D eigenvalue weighted by atomic mass is 16.5. The van der Waals surface area contributed by atoms with Gasteiger partial charge in [0.25, 0.3) is 0 Å². The van der Waals surface area contributed by atoms with Crippen molar-refractivity contribution in [1.82, 2.24) is 15.2 Å². The molecule has 1 aromatic heterocycles. The Balaban J connectivity index is 2.05. The highest BCUT2D eigenvalue weighted by Gasteiger charge is 2.22. The zero-order valence-corrected chi connectivity index (χ0v) is 11.4. The molecule has 1 atom stereocenters. The van der Waals surface area contributed by atoms with E-state index in [4.69, 9.17) is 4.74 Å². The molecular weight excluding hydrogens is 226 g/mol.